The third-order valence-electron chi connectivity index (χ3n) is 5.77. The van der Waals surface area contributed by atoms with E-state index in [1.807, 2.05) is 30.3 Å². The molecule has 1 unspecified atom stereocenters. The fourth-order valence-corrected chi connectivity index (χ4v) is 6.03. The highest BCUT2D eigenvalue weighted by Crippen LogP contribution is 2.43. The summed E-state index contributed by atoms with van der Waals surface area (Å²) in [6.07, 6.45) is 0. The highest BCUT2D eigenvalue weighted by molar-refractivity contribution is 8.00. The van der Waals surface area contributed by atoms with E-state index in [1.54, 1.807) is 42.5 Å². The van der Waals surface area contributed by atoms with Crippen LogP contribution in [0.2, 0.25) is 0 Å². The van der Waals surface area contributed by atoms with Crippen LogP contribution in [0.1, 0.15) is 33.3 Å². The summed E-state index contributed by atoms with van der Waals surface area (Å²) in [6.45, 7) is 0. The van der Waals surface area contributed by atoms with Crippen LogP contribution in [0, 0.1) is 0 Å². The minimum absolute atomic E-state index is 0.0178. The molecule has 1 aliphatic rings. The number of anilines is 1. The van der Waals surface area contributed by atoms with Crippen LogP contribution in [0.25, 0.3) is 11.0 Å². The molecule has 2 aromatic heterocycles. The molecule has 0 aliphatic carbocycles. The molecule has 0 spiro atoms. The zero-order valence-corrected chi connectivity index (χ0v) is 19.8. The first-order valence-corrected chi connectivity index (χ1v) is 12.6. The van der Waals surface area contributed by atoms with Crippen molar-refractivity contribution in [2.75, 3.05) is 4.90 Å². The molecule has 9 heteroatoms. The number of thioether (sulfide) groups is 1. The van der Waals surface area contributed by atoms with E-state index >= 15 is 0 Å². The number of amides is 1. The van der Waals surface area contributed by atoms with Gasteiger partial charge in [0, 0.05) is 5.75 Å². The van der Waals surface area contributed by atoms with Crippen molar-refractivity contribution in [3.05, 3.63) is 112 Å². The largest absolute Gasteiger partial charge is 0.508 e. The van der Waals surface area contributed by atoms with Gasteiger partial charge in [-0.3, -0.25) is 14.5 Å². The molecule has 5 aromatic rings. The zero-order valence-electron chi connectivity index (χ0n) is 18.1. The summed E-state index contributed by atoms with van der Waals surface area (Å²) < 4.78 is 6.64. The molecule has 0 bridgehead atoms. The maximum atomic E-state index is 13.6. The molecule has 0 saturated heterocycles. The van der Waals surface area contributed by atoms with Crippen molar-refractivity contribution in [3.63, 3.8) is 0 Å². The van der Waals surface area contributed by atoms with E-state index in [9.17, 15) is 14.7 Å². The molecule has 1 atom stereocenters. The van der Waals surface area contributed by atoms with Gasteiger partial charge < -0.3 is 9.52 Å². The van der Waals surface area contributed by atoms with Gasteiger partial charge in [-0.15, -0.1) is 10.2 Å². The number of aromatic hydroxyl groups is 1. The highest BCUT2D eigenvalue weighted by Gasteiger charge is 2.45. The van der Waals surface area contributed by atoms with Crippen molar-refractivity contribution in [2.45, 2.75) is 16.1 Å². The molecule has 0 radical (unpaired) electrons. The molecule has 172 valence electrons. The number of para-hydroxylation sites is 1. The van der Waals surface area contributed by atoms with Crippen LogP contribution in [-0.4, -0.2) is 21.2 Å². The predicted molar refractivity (Wildman–Crippen MR) is 135 cm³/mol. The first kappa shape index (κ1) is 21.6. The summed E-state index contributed by atoms with van der Waals surface area (Å²) >= 11 is 2.80. The quantitative estimate of drug-likeness (QED) is 0.256. The molecule has 7 nitrogen and oxygen atoms in total. The lowest BCUT2D eigenvalue weighted by atomic mass is 9.98. The average Bonchev–Trinajstić information content (AvgIpc) is 3.46. The number of hydrogen-bond donors (Lipinski definition) is 1. The molecule has 1 aliphatic heterocycles. The summed E-state index contributed by atoms with van der Waals surface area (Å²) in [5.41, 5.74) is 2.02. The number of nitrogens with zero attached hydrogens (tertiary/aromatic N) is 3. The molecular formula is C26H17N3O4S2. The zero-order chi connectivity index (χ0) is 23.9. The molecule has 35 heavy (non-hydrogen) atoms. The Kier molecular flexibility index (Phi) is 5.35. The number of aromatic nitrogens is 2. The molecule has 3 heterocycles. The minimum atomic E-state index is -0.801. The summed E-state index contributed by atoms with van der Waals surface area (Å²) in [7, 11) is 0. The lowest BCUT2D eigenvalue weighted by Crippen LogP contribution is -2.29. The second-order valence-corrected chi connectivity index (χ2v) is 10.1. The van der Waals surface area contributed by atoms with Gasteiger partial charge in [-0.05, 0) is 35.4 Å². The maximum absolute atomic E-state index is 13.6. The number of hydrogen-bond acceptors (Lipinski definition) is 8. The van der Waals surface area contributed by atoms with E-state index in [2.05, 4.69) is 10.2 Å². The Bertz CT molecular complexity index is 1630. The standard InChI is InChI=1S/C26H17N3O4S2/c30-17-10-6-9-16(13-17)21-20-22(31)18-11-4-5-12-19(18)33-23(20)24(32)29(21)25-27-28-26(35-25)34-14-15-7-2-1-3-8-15/h1-13,21,30H,14H2. The number of carbonyl (C=O) groups is 1. The van der Waals surface area contributed by atoms with Gasteiger partial charge in [0.2, 0.25) is 10.9 Å². The van der Waals surface area contributed by atoms with E-state index in [1.165, 1.54) is 34.1 Å². The van der Waals surface area contributed by atoms with Crippen molar-refractivity contribution in [1.29, 1.82) is 0 Å². The second kappa shape index (κ2) is 8.68. The van der Waals surface area contributed by atoms with Crippen molar-refractivity contribution in [3.8, 4) is 5.75 Å². The second-order valence-electron chi connectivity index (χ2n) is 7.97. The summed E-state index contributed by atoms with van der Waals surface area (Å²) in [5, 5.41) is 19.4. The average molecular weight is 500 g/mol. The molecule has 6 rings (SSSR count). The number of phenolic OH excluding ortho intramolecular Hbond substituents is 1. The van der Waals surface area contributed by atoms with Gasteiger partial charge in [-0.25, -0.2) is 0 Å². The fourth-order valence-electron chi connectivity index (χ4n) is 4.20. The number of carbonyl (C=O) groups excluding carboxylic acids is 1. The van der Waals surface area contributed by atoms with Gasteiger partial charge in [0.15, 0.2) is 9.77 Å². The van der Waals surface area contributed by atoms with Crippen molar-refractivity contribution in [2.24, 2.45) is 0 Å². The van der Waals surface area contributed by atoms with Crippen LogP contribution < -0.4 is 10.3 Å². The Hall–Kier alpha value is -3.95. The normalized spacial score (nSPS) is 15.0. The van der Waals surface area contributed by atoms with Crippen molar-refractivity contribution >= 4 is 45.1 Å². The van der Waals surface area contributed by atoms with E-state index < -0.39 is 11.9 Å². The third kappa shape index (κ3) is 3.78. The van der Waals surface area contributed by atoms with Crippen LogP contribution in [0.3, 0.4) is 0 Å². The predicted octanol–water partition coefficient (Wildman–Crippen LogP) is 5.39. The van der Waals surface area contributed by atoms with Crippen LogP contribution >= 0.6 is 23.1 Å². The number of phenols is 1. The lowest BCUT2D eigenvalue weighted by Gasteiger charge is -2.22. The van der Waals surface area contributed by atoms with E-state index in [-0.39, 0.29) is 22.5 Å². The SMILES string of the molecule is O=C1c2oc3ccccc3c(=O)c2C(c2cccc(O)c2)N1c1nnc(SCc2ccccc2)s1. The number of benzene rings is 3. The van der Waals surface area contributed by atoms with Gasteiger partial charge in [-0.2, -0.15) is 0 Å². The maximum Gasteiger partial charge on any atom is 0.297 e. The van der Waals surface area contributed by atoms with Crippen molar-refractivity contribution in [1.82, 2.24) is 10.2 Å². The highest BCUT2D eigenvalue weighted by atomic mass is 32.2. The Balaban J connectivity index is 1.45. The van der Waals surface area contributed by atoms with E-state index in [4.69, 9.17) is 4.42 Å². The lowest BCUT2D eigenvalue weighted by molar-refractivity contribution is 0.0970. The van der Waals surface area contributed by atoms with Gasteiger partial charge in [-0.1, -0.05) is 77.7 Å². The summed E-state index contributed by atoms with van der Waals surface area (Å²) in [5.74, 6) is 0.262. The Morgan fingerprint density at radius 2 is 1.77 bits per heavy atom. The van der Waals surface area contributed by atoms with Gasteiger partial charge >= 0.3 is 0 Å². The van der Waals surface area contributed by atoms with Gasteiger partial charge in [0.25, 0.3) is 5.91 Å². The molecule has 0 saturated carbocycles. The Labute approximate surface area is 207 Å². The van der Waals surface area contributed by atoms with Crippen molar-refractivity contribution < 1.29 is 14.3 Å². The van der Waals surface area contributed by atoms with Crippen LogP contribution in [0.15, 0.2) is 92.4 Å². The van der Waals surface area contributed by atoms with Gasteiger partial charge in [0.1, 0.15) is 11.3 Å². The topological polar surface area (TPSA) is 96.5 Å². The number of rotatable bonds is 5. The van der Waals surface area contributed by atoms with Crippen LogP contribution in [-0.2, 0) is 5.75 Å². The molecule has 1 amide bonds. The monoisotopic (exact) mass is 499 g/mol. The Morgan fingerprint density at radius 3 is 2.60 bits per heavy atom. The van der Waals surface area contributed by atoms with Crippen LogP contribution in [0.5, 0.6) is 5.75 Å². The fraction of sp³-hybridized carbons (Fsp3) is 0.0769. The van der Waals surface area contributed by atoms with E-state index in [0.717, 1.165) is 5.56 Å². The Morgan fingerprint density at radius 1 is 0.971 bits per heavy atom. The van der Waals surface area contributed by atoms with Gasteiger partial charge in [0.05, 0.1) is 17.0 Å². The van der Waals surface area contributed by atoms with Crippen LogP contribution in [0.4, 0.5) is 5.13 Å². The number of fused-ring (bicyclic) bond motifs is 2. The third-order valence-corrected chi connectivity index (χ3v) is 7.90. The summed E-state index contributed by atoms with van der Waals surface area (Å²) in [6, 6.07) is 22.6. The molecule has 1 N–H and O–H groups in total. The van der Waals surface area contributed by atoms with E-state index in [0.29, 0.717) is 31.8 Å². The molecule has 0 fully saturated rings. The first-order chi connectivity index (χ1) is 17.1. The summed E-state index contributed by atoms with van der Waals surface area (Å²) in [4.78, 5) is 28.6. The molecular weight excluding hydrogens is 482 g/mol. The first-order valence-electron chi connectivity index (χ1n) is 10.8. The minimum Gasteiger partial charge on any atom is -0.508 e. The molecule has 3 aromatic carbocycles. The smallest absolute Gasteiger partial charge is 0.297 e.